The molecule has 0 atom stereocenters. The van der Waals surface area contributed by atoms with E-state index in [4.69, 9.17) is 0 Å². The molecule has 0 spiro atoms. The minimum atomic E-state index is -4.36. The van der Waals surface area contributed by atoms with Crippen LogP contribution in [0.4, 0.5) is 18.3 Å². The third-order valence-electron chi connectivity index (χ3n) is 3.45. The number of anilines is 1. The zero-order valence-electron chi connectivity index (χ0n) is 12.6. The van der Waals surface area contributed by atoms with Crippen LogP contribution in [0.15, 0.2) is 5.38 Å². The lowest BCUT2D eigenvalue weighted by atomic mass is 10.3. The molecule has 2 rings (SSSR count). The molecule has 0 N–H and O–H groups in total. The maximum absolute atomic E-state index is 12.3. The van der Waals surface area contributed by atoms with E-state index in [1.54, 1.807) is 11.3 Å². The molecule has 1 aliphatic rings. The maximum Gasteiger partial charge on any atom is 0.406 e. The summed E-state index contributed by atoms with van der Waals surface area (Å²) in [7, 11) is 1.18. The fraction of sp³-hybridized carbons (Fsp3) is 0.692. The molecule has 0 unspecified atom stereocenters. The van der Waals surface area contributed by atoms with Crippen LogP contribution in [0.3, 0.4) is 0 Å². The van der Waals surface area contributed by atoms with Gasteiger partial charge in [0.1, 0.15) is 6.54 Å². The first kappa shape index (κ1) is 17.0. The van der Waals surface area contributed by atoms with E-state index in [9.17, 15) is 18.0 Å². The molecule has 124 valence electrons. The van der Waals surface area contributed by atoms with Crippen molar-refractivity contribution >= 4 is 22.4 Å². The zero-order chi connectivity index (χ0) is 16.3. The molecule has 1 fully saturated rings. The van der Waals surface area contributed by atoms with Crippen molar-refractivity contribution in [1.82, 2.24) is 14.8 Å². The Morgan fingerprint density at radius 3 is 2.50 bits per heavy atom. The van der Waals surface area contributed by atoms with E-state index in [1.165, 1.54) is 7.05 Å². The van der Waals surface area contributed by atoms with Crippen LogP contribution in [0.25, 0.3) is 0 Å². The van der Waals surface area contributed by atoms with Crippen molar-refractivity contribution in [3.63, 3.8) is 0 Å². The minimum absolute atomic E-state index is 0.0251. The number of amides is 1. The van der Waals surface area contributed by atoms with Gasteiger partial charge in [-0.3, -0.25) is 9.69 Å². The number of aromatic nitrogens is 1. The lowest BCUT2D eigenvalue weighted by Gasteiger charge is -2.34. The first-order valence-electron chi connectivity index (χ1n) is 6.95. The summed E-state index contributed by atoms with van der Waals surface area (Å²) in [4.78, 5) is 21.0. The van der Waals surface area contributed by atoms with Crippen LogP contribution in [0.1, 0.15) is 5.69 Å². The van der Waals surface area contributed by atoms with Crippen LogP contribution < -0.4 is 4.90 Å². The normalized spacial score (nSPS) is 16.9. The molecular formula is C13H19F3N4OS. The van der Waals surface area contributed by atoms with E-state index in [2.05, 4.69) is 9.88 Å². The number of rotatable bonds is 4. The van der Waals surface area contributed by atoms with Gasteiger partial charge in [-0.2, -0.15) is 13.2 Å². The topological polar surface area (TPSA) is 39.7 Å². The number of alkyl halides is 3. The maximum atomic E-state index is 12.3. The van der Waals surface area contributed by atoms with Gasteiger partial charge in [-0.15, -0.1) is 11.3 Å². The van der Waals surface area contributed by atoms with E-state index in [0.717, 1.165) is 28.8 Å². The van der Waals surface area contributed by atoms with E-state index in [-0.39, 0.29) is 6.54 Å². The van der Waals surface area contributed by atoms with Gasteiger partial charge in [0.2, 0.25) is 5.91 Å². The predicted octanol–water partition coefficient (Wildman–Crippen LogP) is 1.59. The summed E-state index contributed by atoms with van der Waals surface area (Å²) in [6.45, 7) is 3.49. The molecule has 0 radical (unpaired) electrons. The summed E-state index contributed by atoms with van der Waals surface area (Å²) >= 11 is 1.58. The van der Waals surface area contributed by atoms with Gasteiger partial charge < -0.3 is 9.80 Å². The van der Waals surface area contributed by atoms with E-state index in [0.29, 0.717) is 13.1 Å². The average Bonchev–Trinajstić information content (AvgIpc) is 2.84. The summed E-state index contributed by atoms with van der Waals surface area (Å²) < 4.78 is 36.8. The molecule has 5 nitrogen and oxygen atoms in total. The van der Waals surface area contributed by atoms with Gasteiger partial charge in [-0.05, 0) is 6.92 Å². The molecule has 22 heavy (non-hydrogen) atoms. The van der Waals surface area contributed by atoms with Gasteiger partial charge in [0.05, 0.1) is 12.2 Å². The molecule has 2 heterocycles. The number of hydrogen-bond donors (Lipinski definition) is 0. The third kappa shape index (κ3) is 4.84. The lowest BCUT2D eigenvalue weighted by molar-refractivity contribution is -0.159. The number of aryl methyl sites for hydroxylation is 1. The SMILES string of the molecule is Cc1csc(N2CCN(CC(=O)N(C)CC(F)(F)F)CC2)n1. The van der Waals surface area contributed by atoms with Gasteiger partial charge in [0.15, 0.2) is 5.13 Å². The average molecular weight is 336 g/mol. The van der Waals surface area contributed by atoms with E-state index >= 15 is 0 Å². The monoisotopic (exact) mass is 336 g/mol. The van der Waals surface area contributed by atoms with Gasteiger partial charge in [-0.1, -0.05) is 0 Å². The second-order valence-corrected chi connectivity index (χ2v) is 6.24. The van der Waals surface area contributed by atoms with Crippen molar-refractivity contribution in [2.24, 2.45) is 0 Å². The molecule has 0 bridgehead atoms. The Bertz CT molecular complexity index is 512. The quantitative estimate of drug-likeness (QED) is 0.837. The summed E-state index contributed by atoms with van der Waals surface area (Å²) in [5.41, 5.74) is 0.978. The second-order valence-electron chi connectivity index (χ2n) is 5.40. The third-order valence-corrected chi connectivity index (χ3v) is 4.47. The van der Waals surface area contributed by atoms with Crippen molar-refractivity contribution in [2.45, 2.75) is 13.1 Å². The predicted molar refractivity (Wildman–Crippen MR) is 79.2 cm³/mol. The Labute approximate surface area is 131 Å². The van der Waals surface area contributed by atoms with Crippen molar-refractivity contribution in [3.8, 4) is 0 Å². The van der Waals surface area contributed by atoms with Gasteiger partial charge in [0.25, 0.3) is 0 Å². The Hall–Kier alpha value is -1.35. The molecule has 1 aromatic rings. The Balaban J connectivity index is 1.78. The van der Waals surface area contributed by atoms with Crippen LogP contribution >= 0.6 is 11.3 Å². The number of nitrogens with zero attached hydrogens (tertiary/aromatic N) is 4. The first-order chi connectivity index (χ1) is 10.2. The van der Waals surface area contributed by atoms with Crippen LogP contribution in [-0.4, -0.2) is 73.2 Å². The molecule has 0 aliphatic carbocycles. The molecular weight excluding hydrogens is 317 g/mol. The molecule has 1 saturated heterocycles. The molecule has 1 amide bonds. The number of carbonyl (C=O) groups is 1. The fourth-order valence-electron chi connectivity index (χ4n) is 2.25. The van der Waals surface area contributed by atoms with Crippen molar-refractivity contribution < 1.29 is 18.0 Å². The molecule has 9 heteroatoms. The Morgan fingerprint density at radius 2 is 2.00 bits per heavy atom. The standard InChI is InChI=1S/C13H19F3N4OS/c1-10-8-22-12(17-10)20-5-3-19(4-6-20)7-11(21)18(2)9-13(14,15)16/h8H,3-7,9H2,1-2H3. The minimum Gasteiger partial charge on any atom is -0.346 e. The summed E-state index contributed by atoms with van der Waals surface area (Å²) in [5, 5.41) is 2.94. The van der Waals surface area contributed by atoms with E-state index < -0.39 is 18.6 Å². The number of piperazine rings is 1. The number of hydrogen-bond acceptors (Lipinski definition) is 5. The number of carbonyl (C=O) groups excluding carboxylic acids is 1. The van der Waals surface area contributed by atoms with Crippen LogP contribution in [0.5, 0.6) is 0 Å². The summed E-state index contributed by atoms with van der Waals surface area (Å²) in [6.07, 6.45) is -4.36. The highest BCUT2D eigenvalue weighted by Crippen LogP contribution is 2.21. The molecule has 1 aromatic heterocycles. The highest BCUT2D eigenvalue weighted by molar-refractivity contribution is 7.13. The first-order valence-corrected chi connectivity index (χ1v) is 7.83. The van der Waals surface area contributed by atoms with Crippen molar-refractivity contribution in [1.29, 1.82) is 0 Å². The zero-order valence-corrected chi connectivity index (χ0v) is 13.4. The fourth-order valence-corrected chi connectivity index (χ4v) is 3.11. The number of likely N-dealkylation sites (N-methyl/N-ethyl adjacent to an activating group) is 1. The smallest absolute Gasteiger partial charge is 0.346 e. The van der Waals surface area contributed by atoms with E-state index in [1.807, 2.05) is 17.2 Å². The van der Waals surface area contributed by atoms with Crippen molar-refractivity contribution in [2.75, 3.05) is 51.2 Å². The summed E-state index contributed by atoms with van der Waals surface area (Å²) in [6, 6.07) is 0. The Kier molecular flexibility index (Phi) is 5.28. The lowest BCUT2D eigenvalue weighted by Crippen LogP contribution is -2.50. The highest BCUT2D eigenvalue weighted by Gasteiger charge is 2.32. The largest absolute Gasteiger partial charge is 0.406 e. The number of thiazole rings is 1. The molecule has 1 aliphatic heterocycles. The van der Waals surface area contributed by atoms with Crippen LogP contribution in [0.2, 0.25) is 0 Å². The molecule has 0 saturated carbocycles. The highest BCUT2D eigenvalue weighted by atomic mass is 32.1. The van der Waals surface area contributed by atoms with Crippen molar-refractivity contribution in [3.05, 3.63) is 11.1 Å². The molecule has 0 aromatic carbocycles. The van der Waals surface area contributed by atoms with Crippen LogP contribution in [-0.2, 0) is 4.79 Å². The Morgan fingerprint density at radius 1 is 1.36 bits per heavy atom. The van der Waals surface area contributed by atoms with Gasteiger partial charge in [0, 0.05) is 38.6 Å². The van der Waals surface area contributed by atoms with Gasteiger partial charge in [-0.25, -0.2) is 4.98 Å². The summed E-state index contributed by atoms with van der Waals surface area (Å²) in [5.74, 6) is -0.504. The van der Waals surface area contributed by atoms with Gasteiger partial charge >= 0.3 is 6.18 Å². The number of halogens is 3. The van der Waals surface area contributed by atoms with Crippen LogP contribution in [0, 0.1) is 6.92 Å². The second kappa shape index (κ2) is 6.82.